The lowest BCUT2D eigenvalue weighted by Gasteiger charge is -2.12. The Morgan fingerprint density at radius 3 is 2.09 bits per heavy atom. The Hall–Kier alpha value is -0.0400. The Balaban J connectivity index is 2.29. The number of hydrogen-bond acceptors (Lipinski definition) is 1. The molecule has 0 aromatic carbocycles. The van der Waals surface area contributed by atoms with Crippen LogP contribution in [0.3, 0.4) is 0 Å². The SMILES string of the molecule is CCC(CC)C1CC1C(C)N. The molecule has 0 amide bonds. The van der Waals surface area contributed by atoms with Gasteiger partial charge in [-0.25, -0.2) is 0 Å². The molecule has 1 fully saturated rings. The summed E-state index contributed by atoms with van der Waals surface area (Å²) in [5, 5.41) is 0. The maximum Gasteiger partial charge on any atom is 0.00416 e. The second-order valence-electron chi connectivity index (χ2n) is 4.00. The highest BCUT2D eigenvalue weighted by Crippen LogP contribution is 2.48. The molecule has 3 atom stereocenters. The predicted octanol–water partition coefficient (Wildman–Crippen LogP) is 2.41. The summed E-state index contributed by atoms with van der Waals surface area (Å²) in [7, 11) is 0. The van der Waals surface area contributed by atoms with Crippen molar-refractivity contribution in [2.45, 2.75) is 46.1 Å². The van der Waals surface area contributed by atoms with Crippen LogP contribution < -0.4 is 5.73 Å². The van der Waals surface area contributed by atoms with Gasteiger partial charge in [-0.1, -0.05) is 26.7 Å². The molecule has 1 heteroatoms. The normalized spacial score (nSPS) is 32.5. The zero-order valence-electron chi connectivity index (χ0n) is 8.01. The third-order valence-corrected chi connectivity index (χ3v) is 3.22. The van der Waals surface area contributed by atoms with Gasteiger partial charge in [0.05, 0.1) is 0 Å². The first-order valence-corrected chi connectivity index (χ1v) is 4.96. The molecule has 0 radical (unpaired) electrons. The molecule has 0 heterocycles. The number of rotatable bonds is 4. The fourth-order valence-corrected chi connectivity index (χ4v) is 2.28. The topological polar surface area (TPSA) is 26.0 Å². The highest BCUT2D eigenvalue weighted by Gasteiger charge is 2.43. The van der Waals surface area contributed by atoms with Crippen LogP contribution in [0.1, 0.15) is 40.0 Å². The highest BCUT2D eigenvalue weighted by atomic mass is 14.7. The van der Waals surface area contributed by atoms with Crippen molar-refractivity contribution in [1.82, 2.24) is 0 Å². The zero-order chi connectivity index (χ0) is 8.43. The van der Waals surface area contributed by atoms with E-state index in [1.165, 1.54) is 19.3 Å². The van der Waals surface area contributed by atoms with Gasteiger partial charge in [-0.3, -0.25) is 0 Å². The molecule has 1 saturated carbocycles. The van der Waals surface area contributed by atoms with Crippen molar-refractivity contribution in [3.63, 3.8) is 0 Å². The molecule has 11 heavy (non-hydrogen) atoms. The fraction of sp³-hybridized carbons (Fsp3) is 1.00. The minimum atomic E-state index is 0.431. The Bertz CT molecular complexity index is 116. The average molecular weight is 155 g/mol. The largest absolute Gasteiger partial charge is 0.328 e. The van der Waals surface area contributed by atoms with Gasteiger partial charge in [0.2, 0.25) is 0 Å². The molecule has 0 aromatic rings. The van der Waals surface area contributed by atoms with Crippen molar-refractivity contribution in [2.24, 2.45) is 23.5 Å². The van der Waals surface area contributed by atoms with Gasteiger partial charge in [0.1, 0.15) is 0 Å². The van der Waals surface area contributed by atoms with Gasteiger partial charge >= 0.3 is 0 Å². The second kappa shape index (κ2) is 3.57. The lowest BCUT2D eigenvalue weighted by molar-refractivity contribution is 0.395. The van der Waals surface area contributed by atoms with Crippen LogP contribution in [0.4, 0.5) is 0 Å². The third kappa shape index (κ3) is 1.96. The van der Waals surface area contributed by atoms with E-state index in [1.807, 2.05) is 0 Å². The number of hydrogen-bond donors (Lipinski definition) is 1. The quantitative estimate of drug-likeness (QED) is 0.663. The van der Waals surface area contributed by atoms with Crippen molar-refractivity contribution in [2.75, 3.05) is 0 Å². The smallest absolute Gasteiger partial charge is 0.00416 e. The van der Waals surface area contributed by atoms with Gasteiger partial charge in [-0.15, -0.1) is 0 Å². The standard InChI is InChI=1S/C10H21N/c1-4-8(5-2)10-6-9(10)7(3)11/h7-10H,4-6,11H2,1-3H3. The van der Waals surface area contributed by atoms with Crippen molar-refractivity contribution in [3.8, 4) is 0 Å². The molecule has 1 nitrogen and oxygen atoms in total. The fourth-order valence-electron chi connectivity index (χ4n) is 2.28. The highest BCUT2D eigenvalue weighted by molar-refractivity contribution is 4.94. The van der Waals surface area contributed by atoms with E-state index in [0.717, 1.165) is 17.8 Å². The summed E-state index contributed by atoms with van der Waals surface area (Å²) in [5.74, 6) is 2.76. The summed E-state index contributed by atoms with van der Waals surface area (Å²) in [4.78, 5) is 0. The molecule has 3 unspecified atom stereocenters. The Kier molecular flexibility index (Phi) is 2.94. The molecular formula is C10H21N. The first-order chi connectivity index (χ1) is 5.20. The van der Waals surface area contributed by atoms with Crippen molar-refractivity contribution in [3.05, 3.63) is 0 Å². The van der Waals surface area contributed by atoms with Crippen molar-refractivity contribution >= 4 is 0 Å². The van der Waals surface area contributed by atoms with Crippen LogP contribution in [0.25, 0.3) is 0 Å². The molecule has 2 N–H and O–H groups in total. The average Bonchev–Trinajstić information content (AvgIpc) is 2.70. The molecule has 0 aromatic heterocycles. The molecule has 0 bridgehead atoms. The van der Waals surface area contributed by atoms with Crippen LogP contribution in [0.2, 0.25) is 0 Å². The summed E-state index contributed by atoms with van der Waals surface area (Å²) in [5.41, 5.74) is 5.84. The monoisotopic (exact) mass is 155 g/mol. The van der Waals surface area contributed by atoms with Gasteiger partial charge in [-0.2, -0.15) is 0 Å². The van der Waals surface area contributed by atoms with Crippen molar-refractivity contribution < 1.29 is 0 Å². The van der Waals surface area contributed by atoms with Gasteiger partial charge in [-0.05, 0) is 31.1 Å². The Morgan fingerprint density at radius 1 is 1.27 bits per heavy atom. The van der Waals surface area contributed by atoms with Crippen LogP contribution in [0.5, 0.6) is 0 Å². The first kappa shape index (κ1) is 9.05. The Labute approximate surface area is 70.4 Å². The predicted molar refractivity (Wildman–Crippen MR) is 49.3 cm³/mol. The van der Waals surface area contributed by atoms with Crippen LogP contribution in [-0.2, 0) is 0 Å². The van der Waals surface area contributed by atoms with E-state index in [1.54, 1.807) is 0 Å². The maximum absolute atomic E-state index is 5.84. The summed E-state index contributed by atoms with van der Waals surface area (Å²) < 4.78 is 0. The van der Waals surface area contributed by atoms with E-state index in [2.05, 4.69) is 20.8 Å². The van der Waals surface area contributed by atoms with Crippen LogP contribution in [-0.4, -0.2) is 6.04 Å². The summed E-state index contributed by atoms with van der Waals surface area (Å²) >= 11 is 0. The Morgan fingerprint density at radius 2 is 1.82 bits per heavy atom. The zero-order valence-corrected chi connectivity index (χ0v) is 8.01. The molecule has 0 aliphatic heterocycles. The summed E-state index contributed by atoms with van der Waals surface area (Å²) in [6.07, 6.45) is 4.07. The minimum absolute atomic E-state index is 0.431. The van der Waals surface area contributed by atoms with E-state index >= 15 is 0 Å². The lowest BCUT2D eigenvalue weighted by atomic mass is 9.95. The van der Waals surface area contributed by atoms with Gasteiger partial charge in [0.15, 0.2) is 0 Å². The number of nitrogens with two attached hydrogens (primary N) is 1. The lowest BCUT2D eigenvalue weighted by Crippen LogP contribution is -2.19. The first-order valence-electron chi connectivity index (χ1n) is 4.96. The molecule has 0 saturated heterocycles. The van der Waals surface area contributed by atoms with Gasteiger partial charge in [0.25, 0.3) is 0 Å². The molecule has 66 valence electrons. The minimum Gasteiger partial charge on any atom is -0.328 e. The second-order valence-corrected chi connectivity index (χ2v) is 4.00. The molecule has 1 aliphatic carbocycles. The molecule has 1 aliphatic rings. The van der Waals surface area contributed by atoms with Crippen LogP contribution >= 0.6 is 0 Å². The van der Waals surface area contributed by atoms with E-state index in [-0.39, 0.29) is 0 Å². The third-order valence-electron chi connectivity index (χ3n) is 3.22. The van der Waals surface area contributed by atoms with E-state index < -0.39 is 0 Å². The van der Waals surface area contributed by atoms with E-state index in [0.29, 0.717) is 6.04 Å². The van der Waals surface area contributed by atoms with E-state index in [9.17, 15) is 0 Å². The van der Waals surface area contributed by atoms with Gasteiger partial charge < -0.3 is 5.73 Å². The molecule has 1 rings (SSSR count). The van der Waals surface area contributed by atoms with Gasteiger partial charge in [0, 0.05) is 6.04 Å². The van der Waals surface area contributed by atoms with E-state index in [4.69, 9.17) is 5.73 Å². The van der Waals surface area contributed by atoms with Crippen LogP contribution in [0, 0.1) is 17.8 Å². The summed E-state index contributed by atoms with van der Waals surface area (Å²) in [6.45, 7) is 6.74. The molecule has 0 spiro atoms. The van der Waals surface area contributed by atoms with Crippen LogP contribution in [0.15, 0.2) is 0 Å². The molecular weight excluding hydrogens is 134 g/mol. The summed E-state index contributed by atoms with van der Waals surface area (Å²) in [6, 6.07) is 0.431. The maximum atomic E-state index is 5.84. The van der Waals surface area contributed by atoms with Crippen molar-refractivity contribution in [1.29, 1.82) is 0 Å².